The number of benzene rings is 2. The number of carbonyl (C=O) groups is 1. The minimum Gasteiger partial charge on any atom is -0.493 e. The molecule has 0 spiro atoms. The second kappa shape index (κ2) is 6.62. The van der Waals surface area contributed by atoms with Gasteiger partial charge in [-0.15, -0.1) is 0 Å². The normalized spacial score (nSPS) is 10.6. The molecule has 124 valence electrons. The Labute approximate surface area is 139 Å². The first kappa shape index (κ1) is 15.9. The molecule has 0 aliphatic rings. The molecule has 2 N–H and O–H groups in total. The van der Waals surface area contributed by atoms with E-state index in [-0.39, 0.29) is 5.91 Å². The van der Waals surface area contributed by atoms with Crippen LogP contribution in [0.2, 0.25) is 0 Å². The summed E-state index contributed by atoms with van der Waals surface area (Å²) >= 11 is 0. The highest BCUT2D eigenvalue weighted by molar-refractivity contribution is 5.94. The molecule has 3 aromatic rings. The lowest BCUT2D eigenvalue weighted by Gasteiger charge is -2.10. The highest BCUT2D eigenvalue weighted by Gasteiger charge is 2.11. The molecule has 1 amide bonds. The standard InChI is InChI=1S/C18H19N3O3/c1-11-20-14-6-4-12(8-15(14)21-11)10-19-18(22)13-5-7-16(23-2)17(9-13)24-3/h4-9H,10H2,1-3H3,(H,19,22)(H,20,21). The number of carbonyl (C=O) groups excluding carboxylic acids is 1. The van der Waals surface area contributed by atoms with Crippen molar-refractivity contribution in [1.82, 2.24) is 15.3 Å². The van der Waals surface area contributed by atoms with E-state index < -0.39 is 0 Å². The number of nitrogens with zero attached hydrogens (tertiary/aromatic N) is 1. The molecule has 24 heavy (non-hydrogen) atoms. The second-order valence-corrected chi connectivity index (χ2v) is 5.43. The molecule has 0 fully saturated rings. The van der Waals surface area contributed by atoms with Crippen LogP contribution in [0.5, 0.6) is 11.5 Å². The number of hydrogen-bond acceptors (Lipinski definition) is 4. The van der Waals surface area contributed by atoms with E-state index in [0.717, 1.165) is 22.4 Å². The minimum absolute atomic E-state index is 0.170. The summed E-state index contributed by atoms with van der Waals surface area (Å²) in [6.07, 6.45) is 0. The third-order valence-corrected chi connectivity index (χ3v) is 3.76. The van der Waals surface area contributed by atoms with E-state index in [1.54, 1.807) is 32.4 Å². The second-order valence-electron chi connectivity index (χ2n) is 5.43. The van der Waals surface area contributed by atoms with Crippen LogP contribution in [0, 0.1) is 6.92 Å². The highest BCUT2D eigenvalue weighted by atomic mass is 16.5. The first-order valence-electron chi connectivity index (χ1n) is 7.56. The number of fused-ring (bicyclic) bond motifs is 1. The monoisotopic (exact) mass is 325 g/mol. The molecule has 0 atom stereocenters. The SMILES string of the molecule is COc1ccc(C(=O)NCc2ccc3nc(C)[nH]c3c2)cc1OC. The van der Waals surface area contributed by atoms with Gasteiger partial charge in [0.1, 0.15) is 5.82 Å². The van der Waals surface area contributed by atoms with Crippen LogP contribution in [0.4, 0.5) is 0 Å². The maximum atomic E-state index is 12.3. The molecule has 0 bridgehead atoms. The smallest absolute Gasteiger partial charge is 0.251 e. The van der Waals surface area contributed by atoms with Gasteiger partial charge in [0, 0.05) is 12.1 Å². The largest absolute Gasteiger partial charge is 0.493 e. The van der Waals surface area contributed by atoms with Crippen molar-refractivity contribution in [2.24, 2.45) is 0 Å². The molecule has 0 saturated heterocycles. The summed E-state index contributed by atoms with van der Waals surface area (Å²) in [6.45, 7) is 2.35. The fraction of sp³-hybridized carbons (Fsp3) is 0.222. The van der Waals surface area contributed by atoms with Gasteiger partial charge in [-0.1, -0.05) is 6.07 Å². The van der Waals surface area contributed by atoms with Crippen molar-refractivity contribution in [1.29, 1.82) is 0 Å². The average Bonchev–Trinajstić information content (AvgIpc) is 2.98. The Bertz CT molecular complexity index is 886. The summed E-state index contributed by atoms with van der Waals surface area (Å²) in [6, 6.07) is 11.0. The predicted molar refractivity (Wildman–Crippen MR) is 91.5 cm³/mol. The molecule has 0 radical (unpaired) electrons. The summed E-state index contributed by atoms with van der Waals surface area (Å²) in [5.41, 5.74) is 3.40. The molecular formula is C18H19N3O3. The number of aromatic nitrogens is 2. The third kappa shape index (κ3) is 3.17. The zero-order valence-corrected chi connectivity index (χ0v) is 13.8. The van der Waals surface area contributed by atoms with Crippen LogP contribution in [0.25, 0.3) is 11.0 Å². The number of H-pyrrole nitrogens is 1. The zero-order chi connectivity index (χ0) is 17.1. The first-order valence-corrected chi connectivity index (χ1v) is 7.56. The number of imidazole rings is 1. The van der Waals surface area contributed by atoms with Gasteiger partial charge in [0.25, 0.3) is 5.91 Å². The highest BCUT2D eigenvalue weighted by Crippen LogP contribution is 2.27. The number of aromatic amines is 1. The zero-order valence-electron chi connectivity index (χ0n) is 13.8. The molecular weight excluding hydrogens is 306 g/mol. The Balaban J connectivity index is 1.72. The lowest BCUT2D eigenvalue weighted by atomic mass is 10.1. The number of methoxy groups -OCH3 is 2. The van der Waals surface area contributed by atoms with Gasteiger partial charge in [-0.25, -0.2) is 4.98 Å². The van der Waals surface area contributed by atoms with Gasteiger partial charge < -0.3 is 19.8 Å². The molecule has 1 aromatic heterocycles. The van der Waals surface area contributed by atoms with Crippen LogP contribution in [-0.4, -0.2) is 30.1 Å². The van der Waals surface area contributed by atoms with E-state index in [0.29, 0.717) is 23.6 Å². The lowest BCUT2D eigenvalue weighted by molar-refractivity contribution is 0.0950. The van der Waals surface area contributed by atoms with Crippen LogP contribution in [0.1, 0.15) is 21.7 Å². The van der Waals surface area contributed by atoms with Crippen molar-refractivity contribution in [2.45, 2.75) is 13.5 Å². The van der Waals surface area contributed by atoms with Gasteiger partial charge in [0.05, 0.1) is 25.3 Å². The molecule has 0 aliphatic carbocycles. The Morgan fingerprint density at radius 3 is 2.67 bits per heavy atom. The van der Waals surface area contributed by atoms with E-state index in [2.05, 4.69) is 15.3 Å². The van der Waals surface area contributed by atoms with Crippen LogP contribution < -0.4 is 14.8 Å². The predicted octanol–water partition coefficient (Wildman–Crippen LogP) is 2.82. The van der Waals surface area contributed by atoms with E-state index in [1.807, 2.05) is 25.1 Å². The molecule has 0 unspecified atom stereocenters. The molecule has 2 aromatic carbocycles. The molecule has 1 heterocycles. The van der Waals surface area contributed by atoms with E-state index >= 15 is 0 Å². The molecule has 3 rings (SSSR count). The van der Waals surface area contributed by atoms with Crippen LogP contribution in [0.3, 0.4) is 0 Å². The van der Waals surface area contributed by atoms with Gasteiger partial charge in [-0.3, -0.25) is 4.79 Å². The van der Waals surface area contributed by atoms with Gasteiger partial charge in [-0.05, 0) is 42.8 Å². The summed E-state index contributed by atoms with van der Waals surface area (Å²) in [7, 11) is 3.10. The van der Waals surface area contributed by atoms with Crippen LogP contribution in [-0.2, 0) is 6.54 Å². The van der Waals surface area contributed by atoms with E-state index in [4.69, 9.17) is 9.47 Å². The number of hydrogen-bond donors (Lipinski definition) is 2. The Kier molecular flexibility index (Phi) is 4.37. The molecule has 0 aliphatic heterocycles. The number of aryl methyl sites for hydroxylation is 1. The molecule has 0 saturated carbocycles. The summed E-state index contributed by atoms with van der Waals surface area (Å²) in [5, 5.41) is 2.91. The summed E-state index contributed by atoms with van der Waals surface area (Å²) in [4.78, 5) is 19.9. The van der Waals surface area contributed by atoms with Crippen molar-refractivity contribution < 1.29 is 14.3 Å². The number of amides is 1. The van der Waals surface area contributed by atoms with Crippen LogP contribution in [0.15, 0.2) is 36.4 Å². The Morgan fingerprint density at radius 2 is 1.92 bits per heavy atom. The quantitative estimate of drug-likeness (QED) is 0.756. The number of rotatable bonds is 5. The Hall–Kier alpha value is -3.02. The number of ether oxygens (including phenoxy) is 2. The van der Waals surface area contributed by atoms with Crippen molar-refractivity contribution >= 4 is 16.9 Å². The van der Waals surface area contributed by atoms with Gasteiger partial charge in [-0.2, -0.15) is 0 Å². The summed E-state index contributed by atoms with van der Waals surface area (Å²) < 4.78 is 10.4. The first-order chi connectivity index (χ1) is 11.6. The fourth-order valence-corrected chi connectivity index (χ4v) is 2.56. The Morgan fingerprint density at radius 1 is 1.12 bits per heavy atom. The average molecular weight is 325 g/mol. The lowest BCUT2D eigenvalue weighted by Crippen LogP contribution is -2.22. The minimum atomic E-state index is -0.170. The van der Waals surface area contributed by atoms with E-state index in [1.165, 1.54) is 0 Å². The topological polar surface area (TPSA) is 76.2 Å². The van der Waals surface area contributed by atoms with Gasteiger partial charge in [0.2, 0.25) is 0 Å². The van der Waals surface area contributed by atoms with Crippen molar-refractivity contribution in [3.63, 3.8) is 0 Å². The number of nitrogens with one attached hydrogen (secondary N) is 2. The maximum Gasteiger partial charge on any atom is 0.251 e. The van der Waals surface area contributed by atoms with Gasteiger partial charge in [0.15, 0.2) is 11.5 Å². The van der Waals surface area contributed by atoms with Gasteiger partial charge >= 0.3 is 0 Å². The van der Waals surface area contributed by atoms with Crippen molar-refractivity contribution in [3.05, 3.63) is 53.3 Å². The fourth-order valence-electron chi connectivity index (χ4n) is 2.56. The van der Waals surface area contributed by atoms with Crippen LogP contribution >= 0.6 is 0 Å². The summed E-state index contributed by atoms with van der Waals surface area (Å²) in [5.74, 6) is 1.82. The molecule has 6 heteroatoms. The molecule has 6 nitrogen and oxygen atoms in total. The maximum absolute atomic E-state index is 12.3. The van der Waals surface area contributed by atoms with Crippen molar-refractivity contribution in [2.75, 3.05) is 14.2 Å². The van der Waals surface area contributed by atoms with Crippen molar-refractivity contribution in [3.8, 4) is 11.5 Å². The third-order valence-electron chi connectivity index (χ3n) is 3.76. The van der Waals surface area contributed by atoms with E-state index in [9.17, 15) is 4.79 Å².